The molecule has 4 aliphatic carbocycles. The van der Waals surface area contributed by atoms with Crippen molar-refractivity contribution < 1.29 is 20.1 Å². The van der Waals surface area contributed by atoms with E-state index in [0.29, 0.717) is 36.4 Å². The molecule has 4 aliphatic rings. The van der Waals surface area contributed by atoms with Gasteiger partial charge in [0.15, 0.2) is 0 Å². The summed E-state index contributed by atoms with van der Waals surface area (Å²) in [6, 6.07) is 0. The minimum Gasteiger partial charge on any atom is -0.393 e. The first-order chi connectivity index (χ1) is 15.4. The van der Waals surface area contributed by atoms with Crippen molar-refractivity contribution in [3.63, 3.8) is 0 Å². The van der Waals surface area contributed by atoms with Gasteiger partial charge in [-0.3, -0.25) is 4.79 Å². The Morgan fingerprint density at radius 1 is 0.941 bits per heavy atom. The largest absolute Gasteiger partial charge is 0.393 e. The van der Waals surface area contributed by atoms with Crippen molar-refractivity contribution in [2.45, 2.75) is 124 Å². The minimum atomic E-state index is -1.04. The summed E-state index contributed by atoms with van der Waals surface area (Å²) in [5.74, 6) is 1.76. The van der Waals surface area contributed by atoms with Gasteiger partial charge in [0.05, 0.1) is 17.3 Å². The molecular weight excluding hydrogens is 424 g/mol. The molecule has 9 atom stereocenters. The fraction of sp³-hybridized carbons (Fsp3) is 0.900. The van der Waals surface area contributed by atoms with Gasteiger partial charge in [0, 0.05) is 17.8 Å². The highest BCUT2D eigenvalue weighted by atomic mass is 16.3. The van der Waals surface area contributed by atoms with Crippen molar-refractivity contribution in [2.75, 3.05) is 0 Å². The van der Waals surface area contributed by atoms with Crippen LogP contribution in [0.3, 0.4) is 0 Å². The predicted octanol–water partition coefficient (Wildman–Crippen LogP) is 5.68. The number of aliphatic hydroxyl groups excluding tert-OH is 1. The van der Waals surface area contributed by atoms with E-state index in [1.165, 1.54) is 0 Å². The van der Waals surface area contributed by atoms with Gasteiger partial charge in [-0.15, -0.1) is 0 Å². The summed E-state index contributed by atoms with van der Waals surface area (Å²) in [6.07, 6.45) is 10.3. The molecule has 4 rings (SSSR count). The molecule has 0 spiro atoms. The standard InChI is InChI=1S/C30H50O4/c1-25(2,33)14-9-15-30(8,34)24-21(31)18-29(7)20-10-11-22-26(3,4)23(32)13-16-27(22,5)19(20)12-17-28(24,29)6/h9,14,19-22,24,31,33-34H,10-13,15-18H2,1-8H3/b14-9+/t19-,20+,21-,22+,24-,27-,28-,29+,30+/m0/s1. The average molecular weight is 475 g/mol. The van der Waals surface area contributed by atoms with E-state index >= 15 is 0 Å². The lowest BCUT2D eigenvalue weighted by Crippen LogP contribution is -2.61. The molecule has 4 nitrogen and oxygen atoms in total. The zero-order valence-electron chi connectivity index (χ0n) is 22.9. The van der Waals surface area contributed by atoms with Crippen LogP contribution in [-0.2, 0) is 4.79 Å². The monoisotopic (exact) mass is 474 g/mol. The number of hydrogen-bond donors (Lipinski definition) is 3. The summed E-state index contributed by atoms with van der Waals surface area (Å²) in [7, 11) is 0. The van der Waals surface area contributed by atoms with Gasteiger partial charge < -0.3 is 15.3 Å². The van der Waals surface area contributed by atoms with Crippen LogP contribution in [0, 0.1) is 45.3 Å². The van der Waals surface area contributed by atoms with Crippen molar-refractivity contribution in [1.82, 2.24) is 0 Å². The number of Topliss-reactive ketones (excluding diaryl/α,β-unsaturated/α-hetero) is 1. The maximum absolute atomic E-state index is 12.8. The Balaban J connectivity index is 1.65. The van der Waals surface area contributed by atoms with Crippen LogP contribution in [0.2, 0.25) is 0 Å². The lowest BCUT2D eigenvalue weighted by atomic mass is 9.38. The van der Waals surface area contributed by atoms with Crippen LogP contribution in [0.5, 0.6) is 0 Å². The molecule has 3 N–H and O–H groups in total. The van der Waals surface area contributed by atoms with Gasteiger partial charge in [-0.2, -0.15) is 0 Å². The molecule has 0 amide bonds. The summed E-state index contributed by atoms with van der Waals surface area (Å²) < 4.78 is 0. The quantitative estimate of drug-likeness (QED) is 0.458. The summed E-state index contributed by atoms with van der Waals surface area (Å²) in [5.41, 5.74) is -2.21. The smallest absolute Gasteiger partial charge is 0.138 e. The van der Waals surface area contributed by atoms with Crippen molar-refractivity contribution in [3.05, 3.63) is 12.2 Å². The van der Waals surface area contributed by atoms with E-state index in [0.717, 1.165) is 38.5 Å². The van der Waals surface area contributed by atoms with Crippen LogP contribution in [0.1, 0.15) is 107 Å². The number of hydrogen-bond acceptors (Lipinski definition) is 4. The van der Waals surface area contributed by atoms with E-state index in [1.54, 1.807) is 19.9 Å². The van der Waals surface area contributed by atoms with Crippen LogP contribution in [0.25, 0.3) is 0 Å². The van der Waals surface area contributed by atoms with Crippen molar-refractivity contribution in [3.8, 4) is 0 Å². The molecule has 0 saturated heterocycles. The molecule has 0 heterocycles. The first-order valence-electron chi connectivity index (χ1n) is 13.7. The fourth-order valence-corrected chi connectivity index (χ4v) is 10.2. The second-order valence-electron chi connectivity index (χ2n) is 14.7. The van der Waals surface area contributed by atoms with E-state index in [2.05, 4.69) is 34.6 Å². The molecule has 0 aromatic carbocycles. The summed E-state index contributed by atoms with van der Waals surface area (Å²) >= 11 is 0. The van der Waals surface area contributed by atoms with Crippen molar-refractivity contribution >= 4 is 5.78 Å². The third kappa shape index (κ3) is 3.68. The average Bonchev–Trinajstić information content (AvgIpc) is 2.89. The normalized spacial score (nSPS) is 48.2. The number of aliphatic hydroxyl groups is 3. The highest BCUT2D eigenvalue weighted by molar-refractivity contribution is 5.85. The Morgan fingerprint density at radius 3 is 2.21 bits per heavy atom. The maximum atomic E-state index is 12.8. The van der Waals surface area contributed by atoms with E-state index in [-0.39, 0.29) is 27.6 Å². The Labute approximate surface area is 207 Å². The van der Waals surface area contributed by atoms with Gasteiger partial charge in [-0.05, 0) is 99.7 Å². The lowest BCUT2D eigenvalue weighted by molar-refractivity contribution is -0.192. The van der Waals surface area contributed by atoms with Gasteiger partial charge in [0.2, 0.25) is 0 Å². The number of rotatable bonds is 4. The zero-order chi connectivity index (χ0) is 25.5. The van der Waals surface area contributed by atoms with E-state index in [1.807, 2.05) is 13.0 Å². The van der Waals surface area contributed by atoms with Gasteiger partial charge in [0.1, 0.15) is 5.78 Å². The molecule has 0 unspecified atom stereocenters. The first-order valence-corrected chi connectivity index (χ1v) is 13.7. The van der Waals surface area contributed by atoms with Crippen LogP contribution in [0.15, 0.2) is 12.2 Å². The molecule has 4 heteroatoms. The Hall–Kier alpha value is -0.710. The van der Waals surface area contributed by atoms with E-state index in [9.17, 15) is 20.1 Å². The van der Waals surface area contributed by atoms with Crippen LogP contribution in [0.4, 0.5) is 0 Å². The summed E-state index contributed by atoms with van der Waals surface area (Å²) in [5, 5.41) is 33.2. The Bertz CT molecular complexity index is 850. The van der Waals surface area contributed by atoms with Gasteiger partial charge in [0.25, 0.3) is 0 Å². The number of ketones is 1. The summed E-state index contributed by atoms with van der Waals surface area (Å²) in [4.78, 5) is 12.8. The highest BCUT2D eigenvalue weighted by Crippen LogP contribution is 2.74. The van der Waals surface area contributed by atoms with Crippen LogP contribution < -0.4 is 0 Å². The third-order valence-electron chi connectivity index (χ3n) is 11.9. The molecule has 4 fully saturated rings. The number of fused-ring (bicyclic) bond motifs is 5. The molecule has 0 radical (unpaired) electrons. The van der Waals surface area contributed by atoms with Gasteiger partial charge in [-0.1, -0.05) is 46.8 Å². The fourth-order valence-electron chi connectivity index (χ4n) is 10.2. The van der Waals surface area contributed by atoms with Crippen molar-refractivity contribution in [2.24, 2.45) is 45.3 Å². The predicted molar refractivity (Wildman–Crippen MR) is 136 cm³/mol. The van der Waals surface area contributed by atoms with Crippen LogP contribution in [-0.4, -0.2) is 38.4 Å². The topological polar surface area (TPSA) is 77.8 Å². The molecular formula is C30H50O4. The molecule has 0 aromatic heterocycles. The zero-order valence-corrected chi connectivity index (χ0v) is 22.9. The van der Waals surface area contributed by atoms with Gasteiger partial charge in [-0.25, -0.2) is 0 Å². The Kier molecular flexibility index (Phi) is 6.12. The molecule has 0 aliphatic heterocycles. The number of carbonyl (C=O) groups excluding carboxylic acids is 1. The second-order valence-corrected chi connectivity index (χ2v) is 14.7. The lowest BCUT2D eigenvalue weighted by Gasteiger charge is -2.66. The third-order valence-corrected chi connectivity index (χ3v) is 11.9. The molecule has 194 valence electrons. The molecule has 34 heavy (non-hydrogen) atoms. The Morgan fingerprint density at radius 2 is 1.59 bits per heavy atom. The first kappa shape index (κ1) is 26.4. The highest BCUT2D eigenvalue weighted by Gasteiger charge is 2.70. The minimum absolute atomic E-state index is 0.0382. The van der Waals surface area contributed by atoms with Crippen LogP contribution >= 0.6 is 0 Å². The molecule has 0 bridgehead atoms. The van der Waals surface area contributed by atoms with Gasteiger partial charge >= 0.3 is 0 Å². The van der Waals surface area contributed by atoms with E-state index in [4.69, 9.17) is 0 Å². The second kappa shape index (κ2) is 7.89. The van der Waals surface area contributed by atoms with E-state index < -0.39 is 17.3 Å². The van der Waals surface area contributed by atoms with Crippen molar-refractivity contribution in [1.29, 1.82) is 0 Å². The number of carbonyl (C=O) groups is 1. The SMILES string of the molecule is CC(C)(O)/C=C/C[C@@](C)(O)[C@H]1[C@@H](O)C[C@]2(C)[C@@H]3CC[C@@H]4C(C)(C)C(=O)CC[C@@]4(C)[C@H]3CC[C@@]12C. The molecule has 4 saturated carbocycles. The summed E-state index contributed by atoms with van der Waals surface area (Å²) in [6.45, 7) is 16.9. The molecule has 0 aromatic rings. The maximum Gasteiger partial charge on any atom is 0.138 e.